The molecule has 0 spiro atoms. The summed E-state index contributed by atoms with van der Waals surface area (Å²) in [5.74, 6) is 1.25. The van der Waals surface area contributed by atoms with Gasteiger partial charge in [-0.25, -0.2) is 4.98 Å². The first-order chi connectivity index (χ1) is 13.7. The Morgan fingerprint density at radius 3 is 2.71 bits per heavy atom. The molecule has 7 nitrogen and oxygen atoms in total. The molecule has 1 saturated heterocycles. The highest BCUT2D eigenvalue weighted by molar-refractivity contribution is 5.78. The van der Waals surface area contributed by atoms with Crippen LogP contribution in [0.15, 0.2) is 29.1 Å². The Hall–Kier alpha value is -2.41. The quantitative estimate of drug-likeness (QED) is 0.729. The molecule has 0 atom stereocenters. The summed E-state index contributed by atoms with van der Waals surface area (Å²) in [5, 5.41) is 0. The number of morpholine rings is 1. The highest BCUT2D eigenvalue weighted by Gasteiger charge is 2.26. The van der Waals surface area contributed by atoms with Gasteiger partial charge in [-0.2, -0.15) is 0 Å². The number of ether oxygens (including phenoxy) is 1. The van der Waals surface area contributed by atoms with E-state index in [1.807, 2.05) is 41.0 Å². The number of rotatable bonds is 7. The van der Waals surface area contributed by atoms with Crippen LogP contribution in [0.3, 0.4) is 0 Å². The van der Waals surface area contributed by atoms with Gasteiger partial charge < -0.3 is 19.1 Å². The number of fused-ring (bicyclic) bond motifs is 1. The van der Waals surface area contributed by atoms with Crippen LogP contribution in [0.1, 0.15) is 26.2 Å². The van der Waals surface area contributed by atoms with Crippen molar-refractivity contribution in [3.63, 3.8) is 0 Å². The SMILES string of the molecule is CCN(CC1CC1)C(=O)CCn1c(=O)c(N2CCOCC2)nc2ccccc21. The summed E-state index contributed by atoms with van der Waals surface area (Å²) in [6.07, 6.45) is 2.78. The zero-order valence-electron chi connectivity index (χ0n) is 16.5. The second kappa shape index (κ2) is 8.31. The molecule has 0 radical (unpaired) electrons. The Bertz CT molecular complexity index is 900. The maximum atomic E-state index is 13.2. The van der Waals surface area contributed by atoms with Crippen LogP contribution in [-0.2, 0) is 16.1 Å². The molecule has 7 heteroatoms. The van der Waals surface area contributed by atoms with Gasteiger partial charge in [-0.3, -0.25) is 9.59 Å². The maximum absolute atomic E-state index is 13.2. The average molecular weight is 384 g/mol. The van der Waals surface area contributed by atoms with Crippen LogP contribution in [-0.4, -0.2) is 59.8 Å². The summed E-state index contributed by atoms with van der Waals surface area (Å²) in [5.41, 5.74) is 1.43. The first-order valence-corrected chi connectivity index (χ1v) is 10.3. The fourth-order valence-electron chi connectivity index (χ4n) is 3.77. The van der Waals surface area contributed by atoms with Crippen molar-refractivity contribution in [3.05, 3.63) is 34.6 Å². The molecule has 1 saturated carbocycles. The molecule has 150 valence electrons. The molecular formula is C21H28N4O3. The van der Waals surface area contributed by atoms with Crippen molar-refractivity contribution in [1.29, 1.82) is 0 Å². The third kappa shape index (κ3) is 4.04. The van der Waals surface area contributed by atoms with Gasteiger partial charge in [0, 0.05) is 39.1 Å². The van der Waals surface area contributed by atoms with E-state index in [0.717, 1.165) is 24.1 Å². The number of hydrogen-bond donors (Lipinski definition) is 0. The average Bonchev–Trinajstić information content (AvgIpc) is 3.55. The lowest BCUT2D eigenvalue weighted by Gasteiger charge is -2.28. The largest absolute Gasteiger partial charge is 0.378 e. The highest BCUT2D eigenvalue weighted by atomic mass is 16.5. The minimum absolute atomic E-state index is 0.120. The van der Waals surface area contributed by atoms with E-state index >= 15 is 0 Å². The summed E-state index contributed by atoms with van der Waals surface area (Å²) in [7, 11) is 0. The molecule has 1 aliphatic carbocycles. The van der Waals surface area contributed by atoms with Crippen molar-refractivity contribution in [3.8, 4) is 0 Å². The molecule has 1 aromatic carbocycles. The molecule has 0 unspecified atom stereocenters. The van der Waals surface area contributed by atoms with E-state index in [1.165, 1.54) is 12.8 Å². The molecule has 2 aliphatic rings. The van der Waals surface area contributed by atoms with Gasteiger partial charge in [-0.1, -0.05) is 12.1 Å². The third-order valence-electron chi connectivity index (χ3n) is 5.61. The number of hydrogen-bond acceptors (Lipinski definition) is 5. The fraction of sp³-hybridized carbons (Fsp3) is 0.571. The minimum atomic E-state index is -0.126. The molecule has 2 heterocycles. The lowest BCUT2D eigenvalue weighted by molar-refractivity contribution is -0.131. The normalized spacial score (nSPS) is 17.1. The number of amides is 1. The lowest BCUT2D eigenvalue weighted by Crippen LogP contribution is -2.41. The second-order valence-corrected chi connectivity index (χ2v) is 7.61. The molecular weight excluding hydrogens is 356 g/mol. The molecule has 1 aliphatic heterocycles. The molecule has 0 N–H and O–H groups in total. The Morgan fingerprint density at radius 1 is 1.25 bits per heavy atom. The standard InChI is InChI=1S/C21H28N4O3/c1-2-23(15-16-7-8-16)19(26)9-10-25-18-6-4-3-5-17(18)22-20(21(25)27)24-11-13-28-14-12-24/h3-6,16H,2,7-15H2,1H3. The molecule has 1 amide bonds. The summed E-state index contributed by atoms with van der Waals surface area (Å²) < 4.78 is 7.12. The van der Waals surface area contributed by atoms with Crippen LogP contribution >= 0.6 is 0 Å². The Balaban J connectivity index is 1.60. The number of aryl methyl sites for hydroxylation is 1. The zero-order chi connectivity index (χ0) is 19.5. The van der Waals surface area contributed by atoms with Crippen LogP contribution in [0.4, 0.5) is 5.82 Å². The van der Waals surface area contributed by atoms with Crippen LogP contribution < -0.4 is 10.5 Å². The second-order valence-electron chi connectivity index (χ2n) is 7.61. The van der Waals surface area contributed by atoms with Crippen LogP contribution in [0.5, 0.6) is 0 Å². The number of aromatic nitrogens is 2. The summed E-state index contributed by atoms with van der Waals surface area (Å²) in [4.78, 5) is 34.5. The van der Waals surface area contributed by atoms with E-state index in [4.69, 9.17) is 4.74 Å². The topological polar surface area (TPSA) is 67.7 Å². The number of carbonyl (C=O) groups excluding carboxylic acids is 1. The predicted octanol–water partition coefficient (Wildman–Crippen LogP) is 1.88. The van der Waals surface area contributed by atoms with Crippen molar-refractivity contribution in [1.82, 2.24) is 14.5 Å². The maximum Gasteiger partial charge on any atom is 0.294 e. The molecule has 2 aromatic rings. The third-order valence-corrected chi connectivity index (χ3v) is 5.61. The Kier molecular flexibility index (Phi) is 5.62. The van der Waals surface area contributed by atoms with Crippen LogP contribution in [0.2, 0.25) is 0 Å². The highest BCUT2D eigenvalue weighted by Crippen LogP contribution is 2.29. The van der Waals surface area contributed by atoms with E-state index in [-0.39, 0.29) is 11.5 Å². The number of anilines is 1. The van der Waals surface area contributed by atoms with Gasteiger partial charge in [0.15, 0.2) is 5.82 Å². The van der Waals surface area contributed by atoms with Gasteiger partial charge in [0.05, 0.1) is 24.2 Å². The van der Waals surface area contributed by atoms with Crippen molar-refractivity contribution >= 4 is 22.8 Å². The Morgan fingerprint density at radius 2 is 2.00 bits per heavy atom. The minimum Gasteiger partial charge on any atom is -0.378 e. The molecule has 1 aromatic heterocycles. The van der Waals surface area contributed by atoms with Gasteiger partial charge >= 0.3 is 0 Å². The van der Waals surface area contributed by atoms with Gasteiger partial charge in [-0.05, 0) is 37.8 Å². The van der Waals surface area contributed by atoms with Crippen molar-refractivity contribution in [2.75, 3.05) is 44.3 Å². The lowest BCUT2D eigenvalue weighted by atomic mass is 10.2. The van der Waals surface area contributed by atoms with Gasteiger partial charge in [0.25, 0.3) is 5.56 Å². The molecule has 2 fully saturated rings. The Labute approximate surface area is 164 Å². The van der Waals surface area contributed by atoms with Crippen molar-refractivity contribution in [2.45, 2.75) is 32.7 Å². The van der Waals surface area contributed by atoms with Crippen molar-refractivity contribution in [2.24, 2.45) is 5.92 Å². The monoisotopic (exact) mass is 384 g/mol. The smallest absolute Gasteiger partial charge is 0.294 e. The number of nitrogens with zero attached hydrogens (tertiary/aromatic N) is 4. The van der Waals surface area contributed by atoms with E-state index < -0.39 is 0 Å². The van der Waals surface area contributed by atoms with E-state index in [0.29, 0.717) is 51.0 Å². The van der Waals surface area contributed by atoms with Crippen LogP contribution in [0, 0.1) is 5.92 Å². The molecule has 4 rings (SSSR count). The predicted molar refractivity (Wildman–Crippen MR) is 109 cm³/mol. The zero-order valence-corrected chi connectivity index (χ0v) is 16.5. The van der Waals surface area contributed by atoms with Gasteiger partial charge in [0.1, 0.15) is 0 Å². The number of benzene rings is 1. The number of para-hydroxylation sites is 2. The molecule has 28 heavy (non-hydrogen) atoms. The first kappa shape index (κ1) is 18.9. The van der Waals surface area contributed by atoms with Gasteiger partial charge in [-0.15, -0.1) is 0 Å². The summed E-state index contributed by atoms with van der Waals surface area (Å²) in [6, 6.07) is 7.65. The van der Waals surface area contributed by atoms with Gasteiger partial charge in [0.2, 0.25) is 5.91 Å². The first-order valence-electron chi connectivity index (χ1n) is 10.3. The van der Waals surface area contributed by atoms with E-state index in [2.05, 4.69) is 4.98 Å². The van der Waals surface area contributed by atoms with E-state index in [1.54, 1.807) is 4.57 Å². The van der Waals surface area contributed by atoms with Crippen LogP contribution in [0.25, 0.3) is 11.0 Å². The summed E-state index contributed by atoms with van der Waals surface area (Å²) in [6.45, 7) is 6.47. The van der Waals surface area contributed by atoms with Crippen molar-refractivity contribution < 1.29 is 9.53 Å². The summed E-state index contributed by atoms with van der Waals surface area (Å²) >= 11 is 0. The molecule has 0 bridgehead atoms. The number of carbonyl (C=O) groups is 1. The fourth-order valence-corrected chi connectivity index (χ4v) is 3.77. The van der Waals surface area contributed by atoms with E-state index in [9.17, 15) is 9.59 Å².